The summed E-state index contributed by atoms with van der Waals surface area (Å²) in [5.41, 5.74) is 3.91. The van der Waals surface area contributed by atoms with Crippen LogP contribution in [0.1, 0.15) is 58.1 Å². The molecule has 4 aromatic heterocycles. The third-order valence-electron chi connectivity index (χ3n) is 6.42. The second-order valence-electron chi connectivity index (χ2n) is 10.0. The number of benzene rings is 2. The largest absolute Gasteiger partial charge is 0.453 e. The second-order valence-corrected chi connectivity index (χ2v) is 10.0. The Kier molecular flexibility index (Phi) is 8.95. The molecule has 2 aromatic carbocycles. The molecule has 0 spiro atoms. The Balaban J connectivity index is 0.000000189. The molecular formula is C32H34N4O6. The van der Waals surface area contributed by atoms with E-state index < -0.39 is 11.5 Å². The lowest BCUT2D eigenvalue weighted by Crippen LogP contribution is -2.08. The molecule has 0 amide bonds. The van der Waals surface area contributed by atoms with Crippen LogP contribution in [-0.4, -0.2) is 19.5 Å². The van der Waals surface area contributed by atoms with Gasteiger partial charge in [-0.2, -0.15) is 0 Å². The standard InChI is InChI=1S/C16H16N2O3.C15H14N2O3.CH4/c1-10(2)11-5-4-6-12(9-11)20-13-7-8-17-15-14(13)21-16(19)18(15)3;1-9(2)10-4-3-5-11(8-10)19-12-6-7-16-14-13(12)20-15(18)17-14;/h4-10H,1-3H3;3-9H,1-2H3,(H,16,17,18);1H4. The van der Waals surface area contributed by atoms with Crippen molar-refractivity contribution < 1.29 is 18.3 Å². The zero-order valence-electron chi connectivity index (χ0n) is 23.4. The first-order valence-electron chi connectivity index (χ1n) is 13.2. The van der Waals surface area contributed by atoms with E-state index in [9.17, 15) is 9.59 Å². The molecule has 4 heterocycles. The SMILES string of the molecule is C.CC(C)c1cccc(Oc2ccnc3[nH]c(=O)oc23)c1.CC(C)c1cccc(Oc2ccnc3c2oc(=O)n3C)c1. The van der Waals surface area contributed by atoms with Crippen LogP contribution in [0.5, 0.6) is 23.0 Å². The predicted octanol–water partition coefficient (Wildman–Crippen LogP) is 7.51. The van der Waals surface area contributed by atoms with E-state index in [1.165, 1.54) is 15.7 Å². The highest BCUT2D eigenvalue weighted by atomic mass is 16.5. The monoisotopic (exact) mass is 570 g/mol. The highest BCUT2D eigenvalue weighted by Gasteiger charge is 2.14. The van der Waals surface area contributed by atoms with Crippen molar-refractivity contribution in [1.82, 2.24) is 19.5 Å². The summed E-state index contributed by atoms with van der Waals surface area (Å²) in [6.45, 7) is 8.49. The van der Waals surface area contributed by atoms with Gasteiger partial charge in [0.2, 0.25) is 11.2 Å². The van der Waals surface area contributed by atoms with Gasteiger partial charge in [-0.25, -0.2) is 19.6 Å². The normalized spacial score (nSPS) is 10.9. The Morgan fingerprint density at radius 1 is 0.762 bits per heavy atom. The molecule has 0 fully saturated rings. The molecule has 0 aliphatic rings. The van der Waals surface area contributed by atoms with E-state index in [4.69, 9.17) is 18.3 Å². The van der Waals surface area contributed by atoms with Crippen molar-refractivity contribution in [3.63, 3.8) is 0 Å². The summed E-state index contributed by atoms with van der Waals surface area (Å²) in [5, 5.41) is 0. The van der Waals surface area contributed by atoms with Gasteiger partial charge in [-0.05, 0) is 47.2 Å². The number of hydrogen-bond donors (Lipinski definition) is 1. The van der Waals surface area contributed by atoms with Gasteiger partial charge in [0.05, 0.1) is 0 Å². The van der Waals surface area contributed by atoms with Gasteiger partial charge in [0.15, 0.2) is 22.8 Å². The van der Waals surface area contributed by atoms with Crippen molar-refractivity contribution in [2.45, 2.75) is 47.0 Å². The van der Waals surface area contributed by atoms with Crippen LogP contribution >= 0.6 is 0 Å². The maximum atomic E-state index is 11.6. The first-order chi connectivity index (χ1) is 19.7. The Morgan fingerprint density at radius 2 is 1.31 bits per heavy atom. The minimum atomic E-state index is -0.542. The third kappa shape index (κ3) is 6.43. The van der Waals surface area contributed by atoms with Gasteiger partial charge in [-0.1, -0.05) is 59.4 Å². The lowest BCUT2D eigenvalue weighted by molar-refractivity contribution is 0.461. The van der Waals surface area contributed by atoms with E-state index in [2.05, 4.69) is 54.8 Å². The van der Waals surface area contributed by atoms with Crippen molar-refractivity contribution in [1.29, 1.82) is 0 Å². The van der Waals surface area contributed by atoms with Crippen LogP contribution in [0.2, 0.25) is 0 Å². The molecular weight excluding hydrogens is 536 g/mol. The molecule has 0 aliphatic heterocycles. The minimum absolute atomic E-state index is 0. The van der Waals surface area contributed by atoms with Gasteiger partial charge < -0.3 is 18.3 Å². The average Bonchev–Trinajstić information content (AvgIpc) is 3.49. The van der Waals surface area contributed by atoms with E-state index in [0.717, 1.165) is 0 Å². The summed E-state index contributed by atoms with van der Waals surface area (Å²) in [6.07, 6.45) is 3.16. The third-order valence-corrected chi connectivity index (χ3v) is 6.42. The molecule has 0 aliphatic carbocycles. The number of H-pyrrole nitrogens is 1. The topological polar surface area (TPSA) is 125 Å². The number of nitrogens with one attached hydrogen (secondary N) is 1. The Morgan fingerprint density at radius 3 is 1.88 bits per heavy atom. The molecule has 10 nitrogen and oxygen atoms in total. The van der Waals surface area contributed by atoms with Crippen LogP contribution in [0.25, 0.3) is 22.5 Å². The first kappa shape index (κ1) is 29.9. The fourth-order valence-corrected chi connectivity index (χ4v) is 4.12. The van der Waals surface area contributed by atoms with Crippen LogP contribution < -0.4 is 21.0 Å². The number of rotatable bonds is 6. The number of ether oxygens (including phenoxy) is 2. The van der Waals surface area contributed by atoms with Crippen LogP contribution in [-0.2, 0) is 7.05 Å². The van der Waals surface area contributed by atoms with Crippen LogP contribution in [0.3, 0.4) is 0 Å². The zero-order valence-corrected chi connectivity index (χ0v) is 23.4. The van der Waals surface area contributed by atoms with Crippen LogP contribution in [0.4, 0.5) is 0 Å². The predicted molar refractivity (Wildman–Crippen MR) is 162 cm³/mol. The van der Waals surface area contributed by atoms with E-state index in [0.29, 0.717) is 57.3 Å². The second kappa shape index (κ2) is 12.6. The van der Waals surface area contributed by atoms with Gasteiger partial charge in [0.25, 0.3) is 0 Å². The highest BCUT2D eigenvalue weighted by molar-refractivity contribution is 5.76. The number of fused-ring (bicyclic) bond motifs is 2. The summed E-state index contributed by atoms with van der Waals surface area (Å²) < 4.78 is 23.3. The summed E-state index contributed by atoms with van der Waals surface area (Å²) in [6, 6.07) is 19.1. The Bertz CT molecular complexity index is 1930. The van der Waals surface area contributed by atoms with Crippen molar-refractivity contribution >= 4 is 22.5 Å². The quantitative estimate of drug-likeness (QED) is 0.218. The summed E-state index contributed by atoms with van der Waals surface area (Å²) >= 11 is 0. The molecule has 1 N–H and O–H groups in total. The summed E-state index contributed by atoms with van der Waals surface area (Å²) in [7, 11) is 1.62. The molecule has 0 saturated carbocycles. The fourth-order valence-electron chi connectivity index (χ4n) is 4.12. The molecule has 0 bridgehead atoms. The van der Waals surface area contributed by atoms with Crippen molar-refractivity contribution in [3.8, 4) is 23.0 Å². The molecule has 6 aromatic rings. The molecule has 0 atom stereocenters. The summed E-state index contributed by atoms with van der Waals surface area (Å²) in [5.74, 6) is 2.20. The maximum absolute atomic E-state index is 11.6. The van der Waals surface area contributed by atoms with Gasteiger partial charge in [-0.3, -0.25) is 9.55 Å². The van der Waals surface area contributed by atoms with Gasteiger partial charge in [0, 0.05) is 31.6 Å². The number of pyridine rings is 2. The zero-order chi connectivity index (χ0) is 29.1. The molecule has 10 heteroatoms. The van der Waals surface area contributed by atoms with Gasteiger partial charge in [-0.15, -0.1) is 0 Å². The van der Waals surface area contributed by atoms with E-state index in [1.807, 2.05) is 36.4 Å². The smallest absolute Gasteiger partial charge is 0.421 e. The van der Waals surface area contributed by atoms with E-state index >= 15 is 0 Å². The van der Waals surface area contributed by atoms with Crippen LogP contribution in [0, 0.1) is 0 Å². The van der Waals surface area contributed by atoms with Crippen molar-refractivity contribution in [3.05, 3.63) is 105 Å². The maximum Gasteiger partial charge on any atom is 0.421 e. The van der Waals surface area contributed by atoms with E-state index in [-0.39, 0.29) is 7.43 Å². The number of hydrogen-bond acceptors (Lipinski definition) is 8. The number of aryl methyl sites for hydroxylation is 1. The molecule has 218 valence electrons. The summed E-state index contributed by atoms with van der Waals surface area (Å²) in [4.78, 5) is 33.5. The molecule has 42 heavy (non-hydrogen) atoms. The molecule has 6 rings (SSSR count). The van der Waals surface area contributed by atoms with Gasteiger partial charge in [0.1, 0.15) is 11.5 Å². The molecule has 0 saturated heterocycles. The number of aromatic amines is 1. The number of oxazole rings is 2. The van der Waals surface area contributed by atoms with Crippen molar-refractivity contribution in [2.75, 3.05) is 0 Å². The average molecular weight is 571 g/mol. The fraction of sp³-hybridized carbons (Fsp3) is 0.250. The van der Waals surface area contributed by atoms with Crippen molar-refractivity contribution in [2.24, 2.45) is 7.05 Å². The van der Waals surface area contributed by atoms with E-state index in [1.54, 1.807) is 31.6 Å². The number of nitrogens with zero attached hydrogens (tertiary/aromatic N) is 3. The van der Waals surface area contributed by atoms with Gasteiger partial charge >= 0.3 is 11.5 Å². The first-order valence-corrected chi connectivity index (χ1v) is 13.2. The lowest BCUT2D eigenvalue weighted by atomic mass is 10.0. The lowest BCUT2D eigenvalue weighted by Gasteiger charge is -2.09. The highest BCUT2D eigenvalue weighted by Crippen LogP contribution is 2.30. The Labute approximate surface area is 242 Å². The molecule has 0 unspecified atom stereocenters. The van der Waals surface area contributed by atoms with Crippen LogP contribution in [0.15, 0.2) is 91.5 Å². The Hall–Kier alpha value is -5.12. The molecule has 0 radical (unpaired) electrons. The minimum Gasteiger partial charge on any atom is -0.453 e. The number of aromatic nitrogens is 4.